The normalized spacial score (nSPS) is 10.1. The zero-order chi connectivity index (χ0) is 12.4. The van der Waals surface area contributed by atoms with E-state index < -0.39 is 10.9 Å². The van der Waals surface area contributed by atoms with Crippen molar-refractivity contribution in [3.8, 4) is 10.4 Å². The predicted molar refractivity (Wildman–Crippen MR) is 63.4 cm³/mol. The lowest BCUT2D eigenvalue weighted by Crippen LogP contribution is -1.95. The van der Waals surface area contributed by atoms with Crippen LogP contribution in [0.3, 0.4) is 0 Å². The van der Waals surface area contributed by atoms with Gasteiger partial charge in [0.25, 0.3) is 5.69 Å². The smallest absolute Gasteiger partial charge is 0.337 e. The molecule has 0 saturated carbocycles. The first-order chi connectivity index (χ1) is 8.09. The minimum absolute atomic E-state index is 0.0119. The first-order valence-corrected chi connectivity index (χ1v) is 5.53. The standard InChI is InChI=1S/C11H7NO4S/c13-11(14)9-5-6-17-10(9)7-1-3-8(4-2-7)12(15)16/h1-6H,(H,13,14). The second kappa shape index (κ2) is 4.34. The third-order valence-corrected chi connectivity index (χ3v) is 3.20. The number of carbonyl (C=O) groups is 1. The lowest BCUT2D eigenvalue weighted by atomic mass is 10.1. The first kappa shape index (κ1) is 11.3. The van der Waals surface area contributed by atoms with Crippen molar-refractivity contribution >= 4 is 23.0 Å². The van der Waals surface area contributed by atoms with Crippen LogP contribution in [0.1, 0.15) is 10.4 Å². The van der Waals surface area contributed by atoms with Gasteiger partial charge in [-0.05, 0) is 29.1 Å². The van der Waals surface area contributed by atoms with Gasteiger partial charge in [0.15, 0.2) is 0 Å². The average molecular weight is 249 g/mol. The van der Waals surface area contributed by atoms with E-state index in [0.29, 0.717) is 10.4 Å². The molecule has 5 nitrogen and oxygen atoms in total. The van der Waals surface area contributed by atoms with E-state index >= 15 is 0 Å². The van der Waals surface area contributed by atoms with Gasteiger partial charge in [-0.25, -0.2) is 4.79 Å². The fourth-order valence-corrected chi connectivity index (χ4v) is 2.33. The monoisotopic (exact) mass is 249 g/mol. The van der Waals surface area contributed by atoms with Crippen molar-refractivity contribution in [1.82, 2.24) is 0 Å². The van der Waals surface area contributed by atoms with E-state index in [1.54, 1.807) is 17.5 Å². The van der Waals surface area contributed by atoms with Gasteiger partial charge in [-0.15, -0.1) is 11.3 Å². The lowest BCUT2D eigenvalue weighted by Gasteiger charge is -1.99. The number of carboxylic acids is 1. The van der Waals surface area contributed by atoms with Crippen LogP contribution in [0.15, 0.2) is 35.7 Å². The number of hydrogen-bond donors (Lipinski definition) is 1. The second-order valence-corrected chi connectivity index (χ2v) is 4.19. The molecule has 1 aromatic heterocycles. The zero-order valence-corrected chi connectivity index (χ0v) is 9.31. The summed E-state index contributed by atoms with van der Waals surface area (Å²) in [5, 5.41) is 21.1. The van der Waals surface area contributed by atoms with Gasteiger partial charge in [0.2, 0.25) is 0 Å². The molecular weight excluding hydrogens is 242 g/mol. The number of carboxylic acid groups (broad SMARTS) is 1. The predicted octanol–water partition coefficient (Wildman–Crippen LogP) is 3.02. The molecule has 0 saturated heterocycles. The topological polar surface area (TPSA) is 80.4 Å². The van der Waals surface area contributed by atoms with E-state index in [-0.39, 0.29) is 11.3 Å². The van der Waals surface area contributed by atoms with Crippen molar-refractivity contribution in [2.45, 2.75) is 0 Å². The van der Waals surface area contributed by atoms with E-state index in [9.17, 15) is 14.9 Å². The Bertz CT molecular complexity index is 573. The van der Waals surface area contributed by atoms with E-state index in [1.807, 2.05) is 0 Å². The molecule has 0 atom stereocenters. The van der Waals surface area contributed by atoms with Gasteiger partial charge in [0.1, 0.15) is 0 Å². The van der Waals surface area contributed by atoms with Gasteiger partial charge < -0.3 is 5.11 Å². The fraction of sp³-hybridized carbons (Fsp3) is 0. The minimum atomic E-state index is -1.00. The van der Waals surface area contributed by atoms with Gasteiger partial charge in [0.05, 0.1) is 10.5 Å². The number of nitrogens with zero attached hydrogens (tertiary/aromatic N) is 1. The van der Waals surface area contributed by atoms with E-state index in [0.717, 1.165) is 0 Å². The minimum Gasteiger partial charge on any atom is -0.478 e. The van der Waals surface area contributed by atoms with Crippen LogP contribution < -0.4 is 0 Å². The molecule has 86 valence electrons. The molecule has 0 amide bonds. The van der Waals surface area contributed by atoms with Crippen LogP contribution in [-0.2, 0) is 0 Å². The molecule has 0 radical (unpaired) electrons. The molecule has 2 rings (SSSR count). The quantitative estimate of drug-likeness (QED) is 0.669. The Morgan fingerprint density at radius 2 is 1.88 bits per heavy atom. The van der Waals surface area contributed by atoms with Crippen molar-refractivity contribution < 1.29 is 14.8 Å². The highest BCUT2D eigenvalue weighted by Crippen LogP contribution is 2.30. The molecule has 6 heteroatoms. The number of non-ortho nitro benzene ring substituents is 1. The number of thiophene rings is 1. The summed E-state index contributed by atoms with van der Waals surface area (Å²) >= 11 is 1.29. The Morgan fingerprint density at radius 1 is 1.24 bits per heavy atom. The van der Waals surface area contributed by atoms with Crippen LogP contribution in [0, 0.1) is 10.1 Å². The Hall–Kier alpha value is -2.21. The first-order valence-electron chi connectivity index (χ1n) is 4.65. The van der Waals surface area contributed by atoms with Crippen LogP contribution in [0.2, 0.25) is 0 Å². The van der Waals surface area contributed by atoms with Crippen LogP contribution in [0.4, 0.5) is 5.69 Å². The number of nitro groups is 1. The van der Waals surface area contributed by atoms with Crippen LogP contribution in [0.25, 0.3) is 10.4 Å². The summed E-state index contributed by atoms with van der Waals surface area (Å²) in [5.41, 5.74) is 0.869. The average Bonchev–Trinajstić information content (AvgIpc) is 2.78. The van der Waals surface area contributed by atoms with Crippen molar-refractivity contribution in [2.75, 3.05) is 0 Å². The van der Waals surface area contributed by atoms with Gasteiger partial charge in [0, 0.05) is 17.0 Å². The third-order valence-electron chi connectivity index (χ3n) is 2.24. The lowest BCUT2D eigenvalue weighted by molar-refractivity contribution is -0.384. The molecule has 1 aromatic carbocycles. The largest absolute Gasteiger partial charge is 0.478 e. The molecule has 17 heavy (non-hydrogen) atoms. The summed E-state index contributed by atoms with van der Waals surface area (Å²) < 4.78 is 0. The van der Waals surface area contributed by atoms with Gasteiger partial charge in [-0.1, -0.05) is 0 Å². The van der Waals surface area contributed by atoms with Crippen molar-refractivity contribution in [3.05, 3.63) is 51.4 Å². The maximum atomic E-state index is 10.9. The van der Waals surface area contributed by atoms with Gasteiger partial charge in [-0.3, -0.25) is 10.1 Å². The molecule has 0 aliphatic carbocycles. The summed E-state index contributed by atoms with van der Waals surface area (Å²) in [6.45, 7) is 0. The third kappa shape index (κ3) is 2.16. The molecular formula is C11H7NO4S. The summed E-state index contributed by atoms with van der Waals surface area (Å²) in [6, 6.07) is 7.35. The van der Waals surface area contributed by atoms with Crippen molar-refractivity contribution in [1.29, 1.82) is 0 Å². The molecule has 0 fully saturated rings. The summed E-state index contributed by atoms with van der Waals surface area (Å²) in [4.78, 5) is 21.5. The van der Waals surface area contributed by atoms with Gasteiger partial charge in [-0.2, -0.15) is 0 Å². The molecule has 1 N–H and O–H groups in total. The molecule has 0 aliphatic heterocycles. The molecule has 1 heterocycles. The van der Waals surface area contributed by atoms with E-state index in [2.05, 4.69) is 0 Å². The van der Waals surface area contributed by atoms with E-state index in [4.69, 9.17) is 5.11 Å². The van der Waals surface area contributed by atoms with Crippen LogP contribution >= 0.6 is 11.3 Å². The summed E-state index contributed by atoms with van der Waals surface area (Å²) in [7, 11) is 0. The Morgan fingerprint density at radius 3 is 2.41 bits per heavy atom. The summed E-state index contributed by atoms with van der Waals surface area (Å²) in [6.07, 6.45) is 0. The highest BCUT2D eigenvalue weighted by atomic mass is 32.1. The molecule has 0 bridgehead atoms. The number of rotatable bonds is 3. The SMILES string of the molecule is O=C(O)c1ccsc1-c1ccc([N+](=O)[O-])cc1. The van der Waals surface area contributed by atoms with Crippen molar-refractivity contribution in [3.63, 3.8) is 0 Å². The number of benzene rings is 1. The van der Waals surface area contributed by atoms with Gasteiger partial charge >= 0.3 is 5.97 Å². The number of aromatic carboxylic acids is 1. The molecule has 0 spiro atoms. The zero-order valence-electron chi connectivity index (χ0n) is 8.49. The highest BCUT2D eigenvalue weighted by molar-refractivity contribution is 7.14. The second-order valence-electron chi connectivity index (χ2n) is 3.27. The fourth-order valence-electron chi connectivity index (χ4n) is 1.44. The molecule has 0 unspecified atom stereocenters. The molecule has 2 aromatic rings. The number of nitro benzene ring substituents is 1. The Labute approximate surface area is 100 Å². The summed E-state index contributed by atoms with van der Waals surface area (Å²) in [5.74, 6) is -1.00. The maximum Gasteiger partial charge on any atom is 0.337 e. The van der Waals surface area contributed by atoms with E-state index in [1.165, 1.54) is 29.5 Å². The van der Waals surface area contributed by atoms with Crippen LogP contribution in [-0.4, -0.2) is 16.0 Å². The number of hydrogen-bond acceptors (Lipinski definition) is 4. The van der Waals surface area contributed by atoms with Crippen LogP contribution in [0.5, 0.6) is 0 Å². The van der Waals surface area contributed by atoms with Crippen molar-refractivity contribution in [2.24, 2.45) is 0 Å². The molecule has 0 aliphatic rings. The Balaban J connectivity index is 2.43. The highest BCUT2D eigenvalue weighted by Gasteiger charge is 2.14. The Kier molecular flexibility index (Phi) is 2.88. The maximum absolute atomic E-state index is 10.9.